The van der Waals surface area contributed by atoms with E-state index in [1.807, 2.05) is 30.3 Å². The van der Waals surface area contributed by atoms with E-state index in [2.05, 4.69) is 5.32 Å². The van der Waals surface area contributed by atoms with Gasteiger partial charge in [0, 0.05) is 27.5 Å². The predicted molar refractivity (Wildman–Crippen MR) is 120 cm³/mol. The van der Waals surface area contributed by atoms with Gasteiger partial charge in [-0.25, -0.2) is 8.42 Å². The van der Waals surface area contributed by atoms with Gasteiger partial charge in [0.05, 0.1) is 18.5 Å². The molecular weight excluding hydrogens is 440 g/mol. The van der Waals surface area contributed by atoms with E-state index in [9.17, 15) is 13.2 Å². The third-order valence-corrected chi connectivity index (χ3v) is 6.51. The zero-order valence-corrected chi connectivity index (χ0v) is 17.9. The van der Waals surface area contributed by atoms with Gasteiger partial charge in [-0.15, -0.1) is 0 Å². The number of benzene rings is 3. The van der Waals surface area contributed by atoms with E-state index in [4.69, 9.17) is 20.8 Å². The summed E-state index contributed by atoms with van der Waals surface area (Å²) in [6, 6.07) is 17.7. The third-order valence-electron chi connectivity index (χ3n) is 5.13. The summed E-state index contributed by atoms with van der Waals surface area (Å²) in [5, 5.41) is 5.10. The summed E-state index contributed by atoms with van der Waals surface area (Å²) in [5.74, 6) is -0.196. The lowest BCUT2D eigenvalue weighted by molar-refractivity contribution is -0.122. The van der Waals surface area contributed by atoms with Gasteiger partial charge in [0.25, 0.3) is 5.91 Å². The van der Waals surface area contributed by atoms with Gasteiger partial charge in [0.2, 0.25) is 10.0 Å². The zero-order valence-electron chi connectivity index (χ0n) is 16.3. The molecule has 0 spiro atoms. The van der Waals surface area contributed by atoms with Crippen molar-refractivity contribution in [3.05, 3.63) is 65.7 Å². The average molecular weight is 457 g/mol. The molecule has 9 heteroatoms. The summed E-state index contributed by atoms with van der Waals surface area (Å²) in [6.45, 7) is -0.162. The molecule has 1 N–H and O–H groups in total. The minimum atomic E-state index is -3.64. The lowest BCUT2D eigenvalue weighted by Gasteiger charge is -2.34. The Hall–Kier alpha value is -3.23. The summed E-state index contributed by atoms with van der Waals surface area (Å²) in [4.78, 5) is 12.9. The molecule has 0 saturated carbocycles. The van der Waals surface area contributed by atoms with Crippen molar-refractivity contribution in [2.75, 3.05) is 22.4 Å². The van der Waals surface area contributed by atoms with E-state index in [0.717, 1.165) is 26.9 Å². The number of halogens is 1. The first-order valence-electron chi connectivity index (χ1n) is 9.46. The molecule has 0 unspecified atom stereocenters. The first-order chi connectivity index (χ1) is 14.8. The molecule has 0 radical (unpaired) electrons. The Balaban J connectivity index is 1.43. The molecule has 0 aliphatic carbocycles. The van der Waals surface area contributed by atoms with Gasteiger partial charge in [-0.1, -0.05) is 29.8 Å². The molecule has 1 atom stereocenters. The summed E-state index contributed by atoms with van der Waals surface area (Å²) >= 11 is 6.01. The highest BCUT2D eigenvalue weighted by Crippen LogP contribution is 2.37. The molecule has 1 aliphatic rings. The van der Waals surface area contributed by atoms with Crippen molar-refractivity contribution in [1.29, 1.82) is 0 Å². The molecule has 0 bridgehead atoms. The van der Waals surface area contributed by atoms with Crippen LogP contribution in [0.1, 0.15) is 0 Å². The Labute approximate surface area is 183 Å². The number of hydrogen-bond acceptors (Lipinski definition) is 5. The monoisotopic (exact) mass is 456 g/mol. The second kappa shape index (κ2) is 7.18. The number of nitrogens with zero attached hydrogens (tertiary/aromatic N) is 1. The van der Waals surface area contributed by atoms with Crippen LogP contribution in [-0.2, 0) is 14.8 Å². The van der Waals surface area contributed by atoms with Crippen molar-refractivity contribution in [1.82, 2.24) is 0 Å². The van der Waals surface area contributed by atoms with Crippen molar-refractivity contribution in [2.45, 2.75) is 6.10 Å². The van der Waals surface area contributed by atoms with Gasteiger partial charge in [-0.3, -0.25) is 9.10 Å². The van der Waals surface area contributed by atoms with Crippen LogP contribution in [0.4, 0.5) is 11.4 Å². The Morgan fingerprint density at radius 1 is 1.06 bits per heavy atom. The molecule has 1 aromatic heterocycles. The number of para-hydroxylation sites is 1. The number of nitrogens with one attached hydrogen (secondary N) is 1. The standard InChI is InChI=1S/C22H17ClN2O5S/c1-31(27,28)25-12-21(30-19-9-6-13(23)10-17(19)25)22(26)24-14-7-8-16-15-4-2-3-5-18(15)29-20(16)11-14/h2-11,21H,12H2,1H3,(H,24,26)/t21-/m1/s1. The highest BCUT2D eigenvalue weighted by molar-refractivity contribution is 7.92. The highest BCUT2D eigenvalue weighted by Gasteiger charge is 2.35. The van der Waals surface area contributed by atoms with E-state index in [1.165, 1.54) is 6.07 Å². The van der Waals surface area contributed by atoms with E-state index in [0.29, 0.717) is 22.0 Å². The van der Waals surface area contributed by atoms with Crippen LogP contribution < -0.4 is 14.4 Å². The number of rotatable bonds is 3. The summed E-state index contributed by atoms with van der Waals surface area (Å²) in [7, 11) is -3.64. The number of carbonyl (C=O) groups is 1. The van der Waals surface area contributed by atoms with Crippen LogP contribution >= 0.6 is 11.6 Å². The van der Waals surface area contributed by atoms with E-state index < -0.39 is 22.0 Å². The number of anilines is 2. The van der Waals surface area contributed by atoms with Crippen molar-refractivity contribution in [3.63, 3.8) is 0 Å². The molecule has 31 heavy (non-hydrogen) atoms. The first kappa shape index (κ1) is 19.7. The topological polar surface area (TPSA) is 88.9 Å². The second-order valence-corrected chi connectivity index (χ2v) is 9.65. The zero-order chi connectivity index (χ0) is 21.8. The molecular formula is C22H17ClN2O5S. The molecule has 2 heterocycles. The third kappa shape index (κ3) is 3.58. The molecule has 4 aromatic rings. The Bertz CT molecular complexity index is 1450. The lowest BCUT2D eigenvalue weighted by Crippen LogP contribution is -2.48. The van der Waals surface area contributed by atoms with Crippen LogP contribution in [0.2, 0.25) is 5.02 Å². The molecule has 7 nitrogen and oxygen atoms in total. The van der Waals surface area contributed by atoms with Gasteiger partial charge in [0.15, 0.2) is 6.10 Å². The number of ether oxygens (including phenoxy) is 1. The molecule has 0 fully saturated rings. The van der Waals surface area contributed by atoms with Gasteiger partial charge in [0.1, 0.15) is 16.9 Å². The van der Waals surface area contributed by atoms with Gasteiger partial charge >= 0.3 is 0 Å². The average Bonchev–Trinajstić information content (AvgIpc) is 3.10. The summed E-state index contributed by atoms with van der Waals surface area (Å²) in [5.41, 5.74) is 2.23. The maximum Gasteiger partial charge on any atom is 0.267 e. The van der Waals surface area contributed by atoms with Gasteiger partial charge in [-0.2, -0.15) is 0 Å². The maximum absolute atomic E-state index is 12.9. The Morgan fingerprint density at radius 3 is 2.65 bits per heavy atom. The fraction of sp³-hybridized carbons (Fsp3) is 0.136. The van der Waals surface area contributed by atoms with E-state index in [-0.39, 0.29) is 12.3 Å². The van der Waals surface area contributed by atoms with Gasteiger partial charge in [-0.05, 0) is 36.4 Å². The number of hydrogen-bond donors (Lipinski definition) is 1. The molecule has 1 amide bonds. The van der Waals surface area contributed by atoms with Crippen molar-refractivity contribution in [2.24, 2.45) is 0 Å². The number of fused-ring (bicyclic) bond motifs is 4. The number of amides is 1. The van der Waals surface area contributed by atoms with Crippen LogP contribution in [-0.4, -0.2) is 33.2 Å². The van der Waals surface area contributed by atoms with Crippen LogP contribution in [0.25, 0.3) is 21.9 Å². The van der Waals surface area contributed by atoms with Crippen molar-refractivity contribution < 1.29 is 22.4 Å². The smallest absolute Gasteiger partial charge is 0.267 e. The van der Waals surface area contributed by atoms with E-state index >= 15 is 0 Å². The van der Waals surface area contributed by atoms with Crippen molar-refractivity contribution >= 4 is 60.8 Å². The molecule has 158 valence electrons. The summed E-state index contributed by atoms with van der Waals surface area (Å²) < 4.78 is 37.4. The summed E-state index contributed by atoms with van der Waals surface area (Å²) in [6.07, 6.45) is 0.0442. The van der Waals surface area contributed by atoms with Crippen LogP contribution in [0.3, 0.4) is 0 Å². The largest absolute Gasteiger partial charge is 0.476 e. The SMILES string of the molecule is CS(=O)(=O)N1C[C@H](C(=O)Nc2ccc3c(c2)oc2ccccc23)Oc2ccc(Cl)cc21. The van der Waals surface area contributed by atoms with Crippen LogP contribution in [0.5, 0.6) is 5.75 Å². The molecule has 5 rings (SSSR count). The maximum atomic E-state index is 12.9. The minimum absolute atomic E-state index is 0.162. The number of furan rings is 1. The normalized spacial score (nSPS) is 16.2. The number of carbonyl (C=O) groups excluding carboxylic acids is 1. The second-order valence-electron chi connectivity index (χ2n) is 7.31. The predicted octanol–water partition coefficient (Wildman–Crippen LogP) is 4.41. The molecule has 0 saturated heterocycles. The fourth-order valence-electron chi connectivity index (χ4n) is 3.70. The van der Waals surface area contributed by atoms with Crippen molar-refractivity contribution in [3.8, 4) is 5.75 Å². The first-order valence-corrected chi connectivity index (χ1v) is 11.7. The molecule has 1 aliphatic heterocycles. The molecule has 3 aromatic carbocycles. The lowest BCUT2D eigenvalue weighted by atomic mass is 10.1. The quantitative estimate of drug-likeness (QED) is 0.493. The minimum Gasteiger partial charge on any atom is -0.476 e. The van der Waals surface area contributed by atoms with Crippen LogP contribution in [0, 0.1) is 0 Å². The fourth-order valence-corrected chi connectivity index (χ4v) is 4.77. The Kier molecular flexibility index (Phi) is 4.56. The Morgan fingerprint density at radius 2 is 1.84 bits per heavy atom. The highest BCUT2D eigenvalue weighted by atomic mass is 35.5. The van der Waals surface area contributed by atoms with Gasteiger partial charge < -0.3 is 14.5 Å². The van der Waals surface area contributed by atoms with Crippen LogP contribution in [0.15, 0.2) is 65.1 Å². The van der Waals surface area contributed by atoms with E-state index in [1.54, 1.807) is 24.3 Å². The number of sulfonamides is 1.